The summed E-state index contributed by atoms with van der Waals surface area (Å²) in [5.41, 5.74) is 12.1. The quantitative estimate of drug-likeness (QED) is 0.236. The Bertz CT molecular complexity index is 1890. The van der Waals surface area contributed by atoms with Crippen LogP contribution in [0.5, 0.6) is 0 Å². The number of carbonyl (C=O) groups excluding carboxylic acids is 1. The van der Waals surface area contributed by atoms with Crippen molar-refractivity contribution in [2.45, 2.75) is 6.42 Å². The predicted molar refractivity (Wildman–Crippen MR) is 163 cm³/mol. The third kappa shape index (κ3) is 5.52. The van der Waals surface area contributed by atoms with Gasteiger partial charge >= 0.3 is 10.2 Å². The second-order valence-corrected chi connectivity index (χ2v) is 12.0. The highest BCUT2D eigenvalue weighted by Crippen LogP contribution is 2.32. The van der Waals surface area contributed by atoms with Gasteiger partial charge in [0.1, 0.15) is 12.4 Å². The summed E-state index contributed by atoms with van der Waals surface area (Å²) in [6, 6.07) is 28.1. The van der Waals surface area contributed by atoms with Gasteiger partial charge in [-0.1, -0.05) is 65.7 Å². The van der Waals surface area contributed by atoms with Crippen molar-refractivity contribution in [2.75, 3.05) is 16.6 Å². The molecule has 1 aliphatic rings. The molecule has 1 aromatic heterocycles. The van der Waals surface area contributed by atoms with Crippen LogP contribution in [0.2, 0.25) is 10.0 Å². The van der Waals surface area contributed by atoms with Crippen LogP contribution in [0.3, 0.4) is 0 Å². The number of imidazole rings is 1. The first kappa shape index (κ1) is 26.9. The fourth-order valence-electron chi connectivity index (χ4n) is 4.74. The number of nitrogen functional groups attached to an aromatic ring is 1. The summed E-state index contributed by atoms with van der Waals surface area (Å²) in [7, 11) is -3.95. The molecule has 0 unspecified atom stereocenters. The molecule has 0 atom stereocenters. The van der Waals surface area contributed by atoms with Crippen molar-refractivity contribution in [3.8, 4) is 28.1 Å². The number of nitrogens with two attached hydrogens (primary N) is 1. The van der Waals surface area contributed by atoms with Crippen molar-refractivity contribution in [1.29, 1.82) is 0 Å². The van der Waals surface area contributed by atoms with Crippen molar-refractivity contribution in [3.63, 3.8) is 0 Å². The molecule has 41 heavy (non-hydrogen) atoms. The van der Waals surface area contributed by atoms with Gasteiger partial charge in [0, 0.05) is 34.6 Å². The Hall–Kier alpha value is -4.31. The van der Waals surface area contributed by atoms with Gasteiger partial charge in [-0.3, -0.25) is 4.79 Å². The summed E-state index contributed by atoms with van der Waals surface area (Å²) in [4.78, 5) is 16.7. The molecule has 8 nitrogen and oxygen atoms in total. The SMILES string of the molecule is Nc1ccc(-c2ccc(Cc3nc(-c4ccc(Cl)cc4Cl)cn3-c3cccc(N4CC(=O)NS4(=O)=O)c3)cc2)cc1. The molecule has 2 heterocycles. The highest BCUT2D eigenvalue weighted by molar-refractivity contribution is 7.92. The third-order valence-corrected chi connectivity index (χ3v) is 8.72. The molecule has 206 valence electrons. The van der Waals surface area contributed by atoms with Gasteiger partial charge in [-0.25, -0.2) is 14.0 Å². The van der Waals surface area contributed by atoms with Gasteiger partial charge in [0.2, 0.25) is 0 Å². The molecule has 0 aliphatic carbocycles. The molecular weight excluding hydrogens is 581 g/mol. The Balaban J connectivity index is 1.39. The normalized spacial score (nSPS) is 14.3. The van der Waals surface area contributed by atoms with Crippen LogP contribution in [0.15, 0.2) is 97.2 Å². The molecular formula is C30H23Cl2N5O3S. The third-order valence-electron chi connectivity index (χ3n) is 6.76. The largest absolute Gasteiger partial charge is 0.399 e. The molecule has 0 spiro atoms. The van der Waals surface area contributed by atoms with Crippen LogP contribution in [0.25, 0.3) is 28.1 Å². The number of hydrogen-bond donors (Lipinski definition) is 2. The van der Waals surface area contributed by atoms with Gasteiger partial charge in [0.05, 0.1) is 16.4 Å². The standard InChI is InChI=1S/C30H23Cl2N5O3S/c31-22-10-13-26(27(32)15-22)28-17-36(24-2-1-3-25(16-24)37-18-30(38)35-41(37,39)40)29(34-28)14-19-4-6-20(7-5-19)21-8-11-23(33)12-9-21/h1-13,15-17H,14,18,33H2,(H,35,38). The number of carbonyl (C=O) groups is 1. The van der Waals surface area contributed by atoms with E-state index < -0.39 is 16.1 Å². The lowest BCUT2D eigenvalue weighted by molar-refractivity contribution is -0.117. The van der Waals surface area contributed by atoms with Crippen LogP contribution in [0.4, 0.5) is 11.4 Å². The lowest BCUT2D eigenvalue weighted by Gasteiger charge is -2.16. The number of halogens is 2. The summed E-state index contributed by atoms with van der Waals surface area (Å²) in [5, 5.41) is 0.977. The number of nitrogens with one attached hydrogen (secondary N) is 1. The fraction of sp³-hybridized carbons (Fsp3) is 0.0667. The van der Waals surface area contributed by atoms with Gasteiger partial charge in [0.25, 0.3) is 5.91 Å². The molecule has 3 N–H and O–H groups in total. The van der Waals surface area contributed by atoms with E-state index in [1.165, 1.54) is 0 Å². The molecule has 4 aromatic carbocycles. The minimum absolute atomic E-state index is 0.283. The van der Waals surface area contributed by atoms with E-state index in [-0.39, 0.29) is 6.54 Å². The Labute approximate surface area is 247 Å². The summed E-state index contributed by atoms with van der Waals surface area (Å²) in [5.74, 6) is 0.127. The number of hydrogen-bond acceptors (Lipinski definition) is 5. The molecule has 1 aliphatic heterocycles. The average molecular weight is 605 g/mol. The number of benzene rings is 4. The van der Waals surface area contributed by atoms with E-state index in [1.54, 1.807) is 30.3 Å². The Morgan fingerprint density at radius 2 is 1.56 bits per heavy atom. The molecule has 1 fully saturated rings. The number of aromatic nitrogens is 2. The zero-order valence-electron chi connectivity index (χ0n) is 21.5. The van der Waals surface area contributed by atoms with Crippen molar-refractivity contribution in [1.82, 2.24) is 14.3 Å². The van der Waals surface area contributed by atoms with Gasteiger partial charge in [-0.2, -0.15) is 8.42 Å². The first-order valence-corrected chi connectivity index (χ1v) is 14.8. The van der Waals surface area contributed by atoms with E-state index in [9.17, 15) is 13.2 Å². The van der Waals surface area contributed by atoms with Crippen LogP contribution in [0.1, 0.15) is 11.4 Å². The van der Waals surface area contributed by atoms with Crippen LogP contribution in [-0.4, -0.2) is 30.4 Å². The monoisotopic (exact) mass is 603 g/mol. The maximum atomic E-state index is 12.5. The maximum Gasteiger partial charge on any atom is 0.326 e. The van der Waals surface area contributed by atoms with E-state index in [2.05, 4.69) is 0 Å². The molecule has 5 aromatic rings. The van der Waals surface area contributed by atoms with Crippen LogP contribution >= 0.6 is 23.2 Å². The predicted octanol–water partition coefficient (Wildman–Crippen LogP) is 5.87. The van der Waals surface area contributed by atoms with Gasteiger partial charge in [-0.15, -0.1) is 0 Å². The van der Waals surface area contributed by atoms with Crippen LogP contribution in [0, 0.1) is 0 Å². The van der Waals surface area contributed by atoms with Gasteiger partial charge in [-0.05, 0) is 65.2 Å². The molecule has 1 amide bonds. The molecule has 0 bridgehead atoms. The van der Waals surface area contributed by atoms with Crippen molar-refractivity contribution in [2.24, 2.45) is 0 Å². The zero-order valence-corrected chi connectivity index (χ0v) is 23.8. The Kier molecular flexibility index (Phi) is 6.94. The summed E-state index contributed by atoms with van der Waals surface area (Å²) in [6.45, 7) is -0.283. The molecule has 11 heteroatoms. The summed E-state index contributed by atoms with van der Waals surface area (Å²) < 4.78 is 29.9. The Morgan fingerprint density at radius 3 is 2.22 bits per heavy atom. The van der Waals surface area contributed by atoms with E-state index >= 15 is 0 Å². The first-order valence-electron chi connectivity index (χ1n) is 12.6. The molecule has 0 saturated carbocycles. The second-order valence-electron chi connectivity index (χ2n) is 9.59. The minimum Gasteiger partial charge on any atom is -0.399 e. The molecule has 0 radical (unpaired) electrons. The van der Waals surface area contributed by atoms with Crippen molar-refractivity contribution >= 4 is 50.7 Å². The fourth-order valence-corrected chi connectivity index (χ4v) is 6.39. The molecule has 6 rings (SSSR count). The van der Waals surface area contributed by atoms with E-state index in [0.717, 1.165) is 21.0 Å². The van der Waals surface area contributed by atoms with Crippen LogP contribution < -0.4 is 14.8 Å². The van der Waals surface area contributed by atoms with Gasteiger partial charge < -0.3 is 10.3 Å². The number of anilines is 2. The lowest BCUT2D eigenvalue weighted by Crippen LogP contribution is -2.29. The van der Waals surface area contributed by atoms with Crippen LogP contribution in [-0.2, 0) is 21.4 Å². The number of nitrogens with zero attached hydrogens (tertiary/aromatic N) is 3. The maximum absolute atomic E-state index is 12.5. The van der Waals surface area contributed by atoms with Crippen molar-refractivity contribution in [3.05, 3.63) is 119 Å². The highest BCUT2D eigenvalue weighted by atomic mass is 35.5. The highest BCUT2D eigenvalue weighted by Gasteiger charge is 2.34. The lowest BCUT2D eigenvalue weighted by atomic mass is 10.0. The van der Waals surface area contributed by atoms with E-state index in [0.29, 0.717) is 50.6 Å². The average Bonchev–Trinajstić information content (AvgIpc) is 3.48. The molecule has 1 saturated heterocycles. The van der Waals surface area contributed by atoms with E-state index in [1.807, 2.05) is 76.1 Å². The van der Waals surface area contributed by atoms with E-state index in [4.69, 9.17) is 33.9 Å². The van der Waals surface area contributed by atoms with Crippen molar-refractivity contribution < 1.29 is 13.2 Å². The first-order chi connectivity index (χ1) is 19.7. The minimum atomic E-state index is -3.95. The topological polar surface area (TPSA) is 110 Å². The smallest absolute Gasteiger partial charge is 0.326 e. The second kappa shape index (κ2) is 10.6. The zero-order chi connectivity index (χ0) is 28.7. The number of rotatable bonds is 6. The summed E-state index contributed by atoms with van der Waals surface area (Å²) >= 11 is 12.6. The Morgan fingerprint density at radius 1 is 0.878 bits per heavy atom. The number of amides is 1. The van der Waals surface area contributed by atoms with Gasteiger partial charge in [0.15, 0.2) is 0 Å². The summed E-state index contributed by atoms with van der Waals surface area (Å²) in [6.07, 6.45) is 2.34.